The van der Waals surface area contributed by atoms with Crippen LogP contribution in [0, 0.1) is 5.41 Å². The molecule has 1 aliphatic rings. The van der Waals surface area contributed by atoms with E-state index in [4.69, 9.17) is 19.7 Å². The van der Waals surface area contributed by atoms with Crippen molar-refractivity contribution in [3.63, 3.8) is 0 Å². The Labute approximate surface area is 95.4 Å². The molecule has 0 spiro atoms. The Kier molecular flexibility index (Phi) is 6.72. The molecule has 0 aromatic carbocycles. The van der Waals surface area contributed by atoms with Crippen molar-refractivity contribution in [1.29, 1.82) is 0 Å². The monoisotopic (exact) mass is 232 g/mol. The number of aliphatic hydroxyl groups is 1. The normalized spacial score (nSPS) is 22.6. The smallest absolute Gasteiger partial charge is 0.332 e. The highest BCUT2D eigenvalue weighted by molar-refractivity contribution is 5.70. The first-order valence-electron chi connectivity index (χ1n) is 5.33. The number of ether oxygens (including phenoxy) is 1. The van der Waals surface area contributed by atoms with Gasteiger partial charge in [0.25, 0.3) is 6.47 Å². The highest BCUT2D eigenvalue weighted by atomic mass is 16.6. The van der Waals surface area contributed by atoms with Crippen molar-refractivity contribution in [3.8, 4) is 0 Å². The maximum atomic E-state index is 10.8. The van der Waals surface area contributed by atoms with E-state index in [1.165, 1.54) is 6.42 Å². The van der Waals surface area contributed by atoms with Crippen LogP contribution >= 0.6 is 0 Å². The number of carboxylic acid groups (broad SMARTS) is 1. The Bertz CT molecular complexity index is 224. The Morgan fingerprint density at radius 1 is 1.56 bits per heavy atom. The standard InChI is InChI=1S/C10H18O3.CH2O2/c1-10(2)5-3-4-8(6-10)13-9(12)7-11;2-1-3/h8,11H,3-7H2,1-2H3;1H,(H,2,3). The van der Waals surface area contributed by atoms with Crippen LogP contribution in [0.1, 0.15) is 39.5 Å². The number of carbonyl (C=O) groups is 2. The number of rotatable bonds is 2. The van der Waals surface area contributed by atoms with Crippen molar-refractivity contribution in [3.05, 3.63) is 0 Å². The summed E-state index contributed by atoms with van der Waals surface area (Å²) in [6, 6.07) is 0. The van der Waals surface area contributed by atoms with Gasteiger partial charge in [0.1, 0.15) is 12.7 Å². The zero-order valence-corrected chi connectivity index (χ0v) is 9.81. The van der Waals surface area contributed by atoms with E-state index in [1.54, 1.807) is 0 Å². The maximum absolute atomic E-state index is 10.8. The number of hydrogen-bond donors (Lipinski definition) is 2. The minimum atomic E-state index is -0.503. The Morgan fingerprint density at radius 2 is 2.12 bits per heavy atom. The molecule has 1 unspecified atom stereocenters. The first-order valence-corrected chi connectivity index (χ1v) is 5.33. The second kappa shape index (κ2) is 7.22. The van der Waals surface area contributed by atoms with Gasteiger partial charge in [-0.05, 0) is 31.1 Å². The van der Waals surface area contributed by atoms with Crippen LogP contribution in [0.25, 0.3) is 0 Å². The summed E-state index contributed by atoms with van der Waals surface area (Å²) in [6.45, 7) is 3.62. The van der Waals surface area contributed by atoms with Crippen LogP contribution in [0.4, 0.5) is 0 Å². The lowest BCUT2D eigenvalue weighted by Crippen LogP contribution is -2.30. The predicted octanol–water partition coefficient (Wildman–Crippen LogP) is 1.19. The molecule has 1 atom stereocenters. The molecule has 0 aliphatic heterocycles. The van der Waals surface area contributed by atoms with Gasteiger partial charge < -0.3 is 14.9 Å². The summed E-state index contributed by atoms with van der Waals surface area (Å²) in [5, 5.41) is 15.4. The summed E-state index contributed by atoms with van der Waals surface area (Å²) in [5.41, 5.74) is 0.276. The van der Waals surface area contributed by atoms with Gasteiger partial charge in [-0.3, -0.25) is 4.79 Å². The van der Waals surface area contributed by atoms with Crippen molar-refractivity contribution in [2.45, 2.75) is 45.6 Å². The molecule has 0 radical (unpaired) electrons. The topological polar surface area (TPSA) is 83.8 Å². The van der Waals surface area contributed by atoms with Crippen molar-refractivity contribution >= 4 is 12.4 Å². The molecule has 2 N–H and O–H groups in total. The first-order chi connectivity index (χ1) is 7.45. The zero-order valence-electron chi connectivity index (χ0n) is 9.81. The van der Waals surface area contributed by atoms with Crippen LogP contribution in [-0.4, -0.2) is 35.4 Å². The fourth-order valence-electron chi connectivity index (χ4n) is 1.95. The Morgan fingerprint density at radius 3 is 2.56 bits per heavy atom. The average Bonchev–Trinajstić information content (AvgIpc) is 2.17. The highest BCUT2D eigenvalue weighted by Crippen LogP contribution is 2.36. The maximum Gasteiger partial charge on any atom is 0.332 e. The van der Waals surface area contributed by atoms with Gasteiger partial charge in [0.2, 0.25) is 0 Å². The van der Waals surface area contributed by atoms with Gasteiger partial charge in [-0.1, -0.05) is 13.8 Å². The molecular weight excluding hydrogens is 212 g/mol. The number of carbonyl (C=O) groups excluding carboxylic acids is 1. The van der Waals surface area contributed by atoms with Crippen molar-refractivity contribution in [1.82, 2.24) is 0 Å². The van der Waals surface area contributed by atoms with Crippen LogP contribution in [0.15, 0.2) is 0 Å². The predicted molar refractivity (Wildman–Crippen MR) is 57.9 cm³/mol. The van der Waals surface area contributed by atoms with Crippen LogP contribution in [0.2, 0.25) is 0 Å². The van der Waals surface area contributed by atoms with Gasteiger partial charge in [0.05, 0.1) is 0 Å². The van der Waals surface area contributed by atoms with Gasteiger partial charge in [-0.25, -0.2) is 4.79 Å². The zero-order chi connectivity index (χ0) is 12.6. The van der Waals surface area contributed by atoms with E-state index in [9.17, 15) is 4.79 Å². The number of aliphatic hydroxyl groups excluding tert-OH is 1. The minimum Gasteiger partial charge on any atom is -0.483 e. The number of esters is 1. The van der Waals surface area contributed by atoms with Gasteiger partial charge >= 0.3 is 5.97 Å². The largest absolute Gasteiger partial charge is 0.483 e. The Hall–Kier alpha value is -1.10. The molecule has 0 amide bonds. The first kappa shape index (κ1) is 14.9. The van der Waals surface area contributed by atoms with E-state index in [-0.39, 0.29) is 18.0 Å². The molecule has 0 aromatic heterocycles. The fraction of sp³-hybridized carbons (Fsp3) is 0.818. The van der Waals surface area contributed by atoms with Gasteiger partial charge in [-0.15, -0.1) is 0 Å². The third-order valence-electron chi connectivity index (χ3n) is 2.59. The molecule has 0 saturated heterocycles. The molecule has 0 heterocycles. The second-order valence-corrected chi connectivity index (χ2v) is 4.64. The SMILES string of the molecule is CC1(C)CCCC(OC(=O)CO)C1.O=CO. The van der Waals surface area contributed by atoms with Gasteiger partial charge in [0, 0.05) is 0 Å². The van der Waals surface area contributed by atoms with Crippen molar-refractivity contribution in [2.24, 2.45) is 5.41 Å². The third-order valence-corrected chi connectivity index (χ3v) is 2.59. The Balaban J connectivity index is 0.000000673. The summed E-state index contributed by atoms with van der Waals surface area (Å²) in [6.07, 6.45) is 4.17. The molecule has 94 valence electrons. The minimum absolute atomic E-state index is 0.0170. The quantitative estimate of drug-likeness (QED) is 0.552. The summed E-state index contributed by atoms with van der Waals surface area (Å²) in [5.74, 6) is -0.497. The van der Waals surface area contributed by atoms with Crippen LogP contribution in [0.3, 0.4) is 0 Å². The summed E-state index contributed by atoms with van der Waals surface area (Å²) in [4.78, 5) is 19.2. The van der Waals surface area contributed by atoms with Gasteiger partial charge in [-0.2, -0.15) is 0 Å². The van der Waals surface area contributed by atoms with Gasteiger partial charge in [0.15, 0.2) is 0 Å². The van der Waals surface area contributed by atoms with E-state index in [1.807, 2.05) is 0 Å². The van der Waals surface area contributed by atoms with Crippen molar-refractivity contribution < 1.29 is 24.5 Å². The summed E-state index contributed by atoms with van der Waals surface area (Å²) >= 11 is 0. The molecular formula is C11H20O5. The summed E-state index contributed by atoms with van der Waals surface area (Å²) < 4.78 is 5.09. The molecule has 1 aliphatic carbocycles. The molecule has 5 heteroatoms. The average molecular weight is 232 g/mol. The lowest BCUT2D eigenvalue weighted by atomic mass is 9.76. The molecule has 0 bridgehead atoms. The molecule has 0 aromatic rings. The van der Waals surface area contributed by atoms with E-state index in [2.05, 4.69) is 13.8 Å². The molecule has 5 nitrogen and oxygen atoms in total. The lowest BCUT2D eigenvalue weighted by Gasteiger charge is -2.34. The molecule has 16 heavy (non-hydrogen) atoms. The molecule has 1 fully saturated rings. The third kappa shape index (κ3) is 6.40. The second-order valence-electron chi connectivity index (χ2n) is 4.64. The van der Waals surface area contributed by atoms with E-state index in [0.29, 0.717) is 0 Å². The fourth-order valence-corrected chi connectivity index (χ4v) is 1.95. The molecule has 1 saturated carbocycles. The lowest BCUT2D eigenvalue weighted by molar-refractivity contribution is -0.155. The number of hydrogen-bond acceptors (Lipinski definition) is 4. The van der Waals surface area contributed by atoms with E-state index >= 15 is 0 Å². The van der Waals surface area contributed by atoms with E-state index < -0.39 is 12.6 Å². The van der Waals surface area contributed by atoms with Crippen LogP contribution in [-0.2, 0) is 14.3 Å². The summed E-state index contributed by atoms with van der Waals surface area (Å²) in [7, 11) is 0. The molecule has 1 rings (SSSR count). The van der Waals surface area contributed by atoms with Crippen LogP contribution in [0.5, 0.6) is 0 Å². The highest BCUT2D eigenvalue weighted by Gasteiger charge is 2.29. The van der Waals surface area contributed by atoms with E-state index in [0.717, 1.165) is 19.3 Å². The van der Waals surface area contributed by atoms with Crippen LogP contribution < -0.4 is 0 Å². The van der Waals surface area contributed by atoms with Crippen molar-refractivity contribution in [2.75, 3.05) is 6.61 Å².